The molecule has 0 radical (unpaired) electrons. The average molecular weight is 635 g/mol. The average Bonchev–Trinajstić information content (AvgIpc) is 2.98. The van der Waals surface area contributed by atoms with Crippen molar-refractivity contribution in [1.82, 2.24) is 0 Å². The minimum atomic E-state index is -1.61. The predicted molar refractivity (Wildman–Crippen MR) is 160 cm³/mol. The molecular weight excluding hydrogens is 576 g/mol. The van der Waals surface area contributed by atoms with Gasteiger partial charge in [-0.3, -0.25) is 9.59 Å². The maximum absolute atomic E-state index is 11.7. The summed E-state index contributed by atoms with van der Waals surface area (Å²) < 4.78 is 33.7. The van der Waals surface area contributed by atoms with Crippen LogP contribution in [0.1, 0.15) is 118 Å². The van der Waals surface area contributed by atoms with Gasteiger partial charge in [-0.1, -0.05) is 90.4 Å². The molecule has 10 atom stereocenters. The van der Waals surface area contributed by atoms with Gasteiger partial charge >= 0.3 is 11.9 Å². The Bertz CT molecular complexity index is 797. The van der Waals surface area contributed by atoms with Crippen molar-refractivity contribution in [2.75, 3.05) is 13.2 Å². The van der Waals surface area contributed by atoms with Crippen LogP contribution in [0.3, 0.4) is 0 Å². The van der Waals surface area contributed by atoms with E-state index in [4.69, 9.17) is 28.4 Å². The summed E-state index contributed by atoms with van der Waals surface area (Å²) in [7, 11) is 0. The molecule has 0 bridgehead atoms. The summed E-state index contributed by atoms with van der Waals surface area (Å²) in [5.41, 5.74) is 0. The number of ether oxygens (including phenoxy) is 6. The lowest BCUT2D eigenvalue weighted by atomic mass is 9.97. The van der Waals surface area contributed by atoms with Gasteiger partial charge < -0.3 is 48.8 Å². The fraction of sp³-hybridized carbons (Fsp3) is 0.938. The molecule has 44 heavy (non-hydrogen) atoms. The van der Waals surface area contributed by atoms with Crippen LogP contribution in [0.15, 0.2) is 0 Å². The lowest BCUT2D eigenvalue weighted by molar-refractivity contribution is -0.365. The van der Waals surface area contributed by atoms with E-state index >= 15 is 0 Å². The van der Waals surface area contributed by atoms with Gasteiger partial charge in [0.2, 0.25) is 0 Å². The van der Waals surface area contributed by atoms with Gasteiger partial charge in [0.1, 0.15) is 30.5 Å². The molecule has 0 spiro atoms. The molecule has 0 aromatic carbocycles. The predicted octanol–water partition coefficient (Wildman–Crippen LogP) is 3.28. The molecule has 2 fully saturated rings. The first-order chi connectivity index (χ1) is 21.1. The summed E-state index contributed by atoms with van der Waals surface area (Å²) in [6, 6.07) is 0. The van der Waals surface area contributed by atoms with Crippen molar-refractivity contribution in [2.45, 2.75) is 179 Å². The fourth-order valence-corrected chi connectivity index (χ4v) is 5.77. The van der Waals surface area contributed by atoms with Crippen molar-refractivity contribution >= 4 is 11.9 Å². The number of carbonyl (C=O) groups excluding carboxylic acids is 2. The molecule has 0 amide bonds. The summed E-state index contributed by atoms with van der Waals surface area (Å²) >= 11 is 0. The third-order valence-electron chi connectivity index (χ3n) is 8.25. The van der Waals surface area contributed by atoms with Crippen LogP contribution in [0.4, 0.5) is 0 Å². The van der Waals surface area contributed by atoms with Crippen LogP contribution in [0, 0.1) is 0 Å². The van der Waals surface area contributed by atoms with E-state index in [1.807, 2.05) is 0 Å². The van der Waals surface area contributed by atoms with E-state index < -0.39 is 80.0 Å². The van der Waals surface area contributed by atoms with Crippen LogP contribution in [0.5, 0.6) is 0 Å². The number of hydrogen-bond donors (Lipinski definition) is 4. The molecule has 258 valence electrons. The van der Waals surface area contributed by atoms with E-state index in [1.165, 1.54) is 71.1 Å². The maximum atomic E-state index is 11.7. The Labute approximate surface area is 262 Å². The lowest BCUT2D eigenvalue weighted by Crippen LogP contribution is -2.64. The van der Waals surface area contributed by atoms with Crippen LogP contribution in [-0.4, -0.2) is 107 Å². The highest BCUT2D eigenvalue weighted by atomic mass is 16.8. The zero-order valence-electron chi connectivity index (χ0n) is 27.1. The lowest BCUT2D eigenvalue weighted by Gasteiger charge is -2.46. The van der Waals surface area contributed by atoms with Gasteiger partial charge in [0.25, 0.3) is 0 Å². The molecule has 2 aliphatic heterocycles. The third-order valence-corrected chi connectivity index (χ3v) is 8.25. The summed E-state index contributed by atoms with van der Waals surface area (Å²) in [6.07, 6.45) is 4.09. The summed E-state index contributed by atoms with van der Waals surface area (Å²) in [6.45, 7) is 5.87. The second-order valence-corrected chi connectivity index (χ2v) is 12.1. The molecule has 4 N–H and O–H groups in total. The number of rotatable bonds is 21. The quantitative estimate of drug-likeness (QED) is 0.107. The number of aliphatic hydroxyl groups is 4. The van der Waals surface area contributed by atoms with E-state index in [9.17, 15) is 30.0 Å². The monoisotopic (exact) mass is 634 g/mol. The maximum Gasteiger partial charge on any atom is 0.303 e. The Morgan fingerprint density at radius 3 is 1.64 bits per heavy atom. The van der Waals surface area contributed by atoms with Gasteiger partial charge in [0, 0.05) is 20.5 Å². The minimum Gasteiger partial charge on any atom is -0.456 e. The van der Waals surface area contributed by atoms with Crippen LogP contribution >= 0.6 is 0 Å². The standard InChI is InChI=1S/C32H58O12/c1-5-6-7-8-9-10-11-12-13-14-15-16-17-18-19-39-32-30(26(37)25(36)24(20-33)43-32)44-31-27(38)29(42-23(4)35)28(21(2)40-31)41-22(3)34/h21,24-33,36-38H,5-20H2,1-4H3. The molecular formula is C32H58O12. The first-order valence-corrected chi connectivity index (χ1v) is 16.7. The number of esters is 2. The normalized spacial score (nSPS) is 32.4. The first-order valence-electron chi connectivity index (χ1n) is 16.7. The van der Waals surface area contributed by atoms with E-state index in [1.54, 1.807) is 6.92 Å². The molecule has 0 aliphatic carbocycles. The van der Waals surface area contributed by atoms with Crippen molar-refractivity contribution < 1.29 is 58.4 Å². The highest BCUT2D eigenvalue weighted by Gasteiger charge is 2.52. The Kier molecular flexibility index (Phi) is 18.9. The summed E-state index contributed by atoms with van der Waals surface area (Å²) in [5, 5.41) is 42.0. The molecule has 0 aromatic heterocycles. The van der Waals surface area contributed by atoms with E-state index in [2.05, 4.69) is 6.92 Å². The Morgan fingerprint density at radius 2 is 1.14 bits per heavy atom. The smallest absolute Gasteiger partial charge is 0.303 e. The topological polar surface area (TPSA) is 170 Å². The molecule has 2 aliphatic rings. The Hall–Kier alpha value is -1.38. The minimum absolute atomic E-state index is 0.290. The van der Waals surface area contributed by atoms with Crippen LogP contribution in [-0.2, 0) is 38.0 Å². The Balaban J connectivity index is 1.83. The van der Waals surface area contributed by atoms with Gasteiger partial charge in [0.05, 0.1) is 12.7 Å². The molecule has 12 heteroatoms. The zero-order chi connectivity index (χ0) is 32.5. The third kappa shape index (κ3) is 13.2. The highest BCUT2D eigenvalue weighted by Crippen LogP contribution is 2.32. The number of aliphatic hydroxyl groups excluding tert-OH is 4. The summed E-state index contributed by atoms with van der Waals surface area (Å²) in [4.78, 5) is 23.3. The fourth-order valence-electron chi connectivity index (χ4n) is 5.77. The zero-order valence-corrected chi connectivity index (χ0v) is 27.1. The second kappa shape index (κ2) is 21.4. The molecule has 10 unspecified atom stereocenters. The molecule has 0 saturated carbocycles. The van der Waals surface area contributed by atoms with Crippen LogP contribution in [0.2, 0.25) is 0 Å². The molecule has 0 aromatic rings. The van der Waals surface area contributed by atoms with Gasteiger partial charge in [-0.2, -0.15) is 0 Å². The van der Waals surface area contributed by atoms with Gasteiger partial charge in [0.15, 0.2) is 24.8 Å². The first kappa shape index (κ1) is 38.8. The van der Waals surface area contributed by atoms with Crippen molar-refractivity contribution in [3.8, 4) is 0 Å². The van der Waals surface area contributed by atoms with Crippen molar-refractivity contribution in [3.63, 3.8) is 0 Å². The molecule has 2 heterocycles. The van der Waals surface area contributed by atoms with E-state index in [-0.39, 0.29) is 0 Å². The second-order valence-electron chi connectivity index (χ2n) is 12.1. The van der Waals surface area contributed by atoms with Crippen molar-refractivity contribution in [3.05, 3.63) is 0 Å². The van der Waals surface area contributed by atoms with Gasteiger partial charge in [-0.15, -0.1) is 0 Å². The number of unbranched alkanes of at least 4 members (excludes halogenated alkanes) is 13. The molecule has 2 rings (SSSR count). The van der Waals surface area contributed by atoms with Crippen molar-refractivity contribution in [1.29, 1.82) is 0 Å². The SMILES string of the molecule is CCCCCCCCCCCCCCCCOC1OC(CO)C(O)C(O)C1OC1OC(C)C(OC(C)=O)C(OC(C)=O)C1O. The highest BCUT2D eigenvalue weighted by molar-refractivity contribution is 5.67. The van der Waals surface area contributed by atoms with Crippen molar-refractivity contribution in [2.24, 2.45) is 0 Å². The van der Waals surface area contributed by atoms with Crippen LogP contribution < -0.4 is 0 Å². The largest absolute Gasteiger partial charge is 0.456 e. The summed E-state index contributed by atoms with van der Waals surface area (Å²) in [5.74, 6) is -1.36. The van der Waals surface area contributed by atoms with E-state index in [0.717, 1.165) is 32.6 Å². The Morgan fingerprint density at radius 1 is 0.636 bits per heavy atom. The van der Waals surface area contributed by atoms with Crippen LogP contribution in [0.25, 0.3) is 0 Å². The van der Waals surface area contributed by atoms with E-state index in [0.29, 0.717) is 6.61 Å². The molecule has 2 saturated heterocycles. The number of hydrogen-bond acceptors (Lipinski definition) is 12. The van der Waals surface area contributed by atoms with Gasteiger partial charge in [-0.25, -0.2) is 0 Å². The number of carbonyl (C=O) groups is 2. The molecule has 12 nitrogen and oxygen atoms in total. The van der Waals surface area contributed by atoms with Gasteiger partial charge in [-0.05, 0) is 13.3 Å².